The van der Waals surface area contributed by atoms with Gasteiger partial charge in [0.25, 0.3) is 0 Å². The van der Waals surface area contributed by atoms with E-state index < -0.39 is 0 Å². The molecule has 1 aromatic rings. The van der Waals surface area contributed by atoms with Crippen molar-refractivity contribution < 1.29 is 14.3 Å². The largest absolute Gasteiger partial charge is 0.497 e. The number of benzene rings is 1. The summed E-state index contributed by atoms with van der Waals surface area (Å²) in [6.07, 6.45) is 0.897. The van der Waals surface area contributed by atoms with Gasteiger partial charge in [0.1, 0.15) is 5.75 Å². The molecule has 0 unspecified atom stereocenters. The van der Waals surface area contributed by atoms with E-state index in [1.807, 2.05) is 24.3 Å². The maximum atomic E-state index is 11.8. The zero-order valence-electron chi connectivity index (χ0n) is 12.5. The Morgan fingerprint density at radius 3 is 2.52 bits per heavy atom. The molecule has 6 heteroatoms. The highest BCUT2D eigenvalue weighted by atomic mass is 32.1. The number of nitrogens with two attached hydrogens (primary N) is 1. The monoisotopic (exact) mass is 310 g/mol. The summed E-state index contributed by atoms with van der Waals surface area (Å²) in [4.78, 5) is 13.8. The first-order valence-corrected chi connectivity index (χ1v) is 7.16. The van der Waals surface area contributed by atoms with Crippen molar-refractivity contribution in [3.8, 4) is 5.75 Å². The quantitative estimate of drug-likeness (QED) is 0.556. The molecule has 0 aliphatic carbocycles. The first kappa shape index (κ1) is 17.4. The van der Waals surface area contributed by atoms with E-state index in [1.54, 1.807) is 19.1 Å². The lowest BCUT2D eigenvalue weighted by molar-refractivity contribution is -0.131. The summed E-state index contributed by atoms with van der Waals surface area (Å²) in [7, 11) is 3.37. The van der Waals surface area contributed by atoms with Gasteiger partial charge in [-0.15, -0.1) is 0 Å². The van der Waals surface area contributed by atoms with Crippen LogP contribution < -0.4 is 10.5 Å². The minimum Gasteiger partial charge on any atom is -0.497 e. The minimum absolute atomic E-state index is 0.0287. The molecule has 0 saturated carbocycles. The molecule has 0 aromatic heterocycles. The fraction of sp³-hybridized carbons (Fsp3) is 0.467. The zero-order chi connectivity index (χ0) is 15.7. The third kappa shape index (κ3) is 7.06. The maximum Gasteiger partial charge on any atom is 0.224 e. The summed E-state index contributed by atoms with van der Waals surface area (Å²) in [6, 6.07) is 7.64. The molecule has 21 heavy (non-hydrogen) atoms. The normalized spacial score (nSPS) is 10.2. The highest BCUT2D eigenvalue weighted by Crippen LogP contribution is 2.12. The van der Waals surface area contributed by atoms with Gasteiger partial charge in [-0.3, -0.25) is 4.79 Å². The lowest BCUT2D eigenvalue weighted by atomic mass is 10.2. The third-order valence-electron chi connectivity index (χ3n) is 3.01. The molecular formula is C15H22N2O3S. The number of nitrogens with zero attached hydrogens (tertiary/aromatic N) is 1. The molecule has 5 nitrogen and oxygen atoms in total. The van der Waals surface area contributed by atoms with Crippen LogP contribution >= 0.6 is 12.2 Å². The summed E-state index contributed by atoms with van der Waals surface area (Å²) in [5.74, 6) is 0.842. The highest BCUT2D eigenvalue weighted by Gasteiger charge is 2.08. The van der Waals surface area contributed by atoms with E-state index in [2.05, 4.69) is 0 Å². The summed E-state index contributed by atoms with van der Waals surface area (Å²) < 4.78 is 10.6. The van der Waals surface area contributed by atoms with Gasteiger partial charge in [-0.05, 0) is 17.7 Å². The Morgan fingerprint density at radius 2 is 1.95 bits per heavy atom. The molecule has 2 N–H and O–H groups in total. The average molecular weight is 310 g/mol. The Balaban J connectivity index is 2.20. The molecular weight excluding hydrogens is 288 g/mol. The van der Waals surface area contributed by atoms with Crippen LogP contribution in [0.4, 0.5) is 0 Å². The summed E-state index contributed by atoms with van der Waals surface area (Å²) in [6.45, 7) is 1.42. The zero-order valence-corrected chi connectivity index (χ0v) is 13.3. The van der Waals surface area contributed by atoms with Crippen molar-refractivity contribution >= 4 is 23.1 Å². The van der Waals surface area contributed by atoms with Crippen molar-refractivity contribution in [3.05, 3.63) is 29.8 Å². The van der Waals surface area contributed by atoms with Crippen molar-refractivity contribution in [2.45, 2.75) is 19.4 Å². The Labute approximate surface area is 131 Å². The van der Waals surface area contributed by atoms with Crippen LogP contribution in [0.2, 0.25) is 0 Å². The van der Waals surface area contributed by atoms with E-state index in [0.717, 1.165) is 11.3 Å². The smallest absolute Gasteiger partial charge is 0.224 e. The molecule has 1 rings (SSSR count). The molecule has 0 bridgehead atoms. The van der Waals surface area contributed by atoms with Gasteiger partial charge in [-0.25, -0.2) is 0 Å². The second kappa shape index (κ2) is 9.31. The molecule has 1 amide bonds. The number of carbonyl (C=O) groups excluding carboxylic acids is 1. The van der Waals surface area contributed by atoms with E-state index in [1.165, 1.54) is 0 Å². The molecule has 0 saturated heterocycles. The van der Waals surface area contributed by atoms with Gasteiger partial charge in [-0.1, -0.05) is 24.4 Å². The van der Waals surface area contributed by atoms with E-state index in [0.29, 0.717) is 37.6 Å². The van der Waals surface area contributed by atoms with Crippen molar-refractivity contribution in [1.29, 1.82) is 0 Å². The minimum atomic E-state index is 0.0287. The van der Waals surface area contributed by atoms with Gasteiger partial charge in [0.15, 0.2) is 0 Å². The molecule has 0 fully saturated rings. The number of ether oxygens (including phenoxy) is 2. The molecule has 1 aromatic carbocycles. The first-order chi connectivity index (χ1) is 10.0. The molecule has 116 valence electrons. The van der Waals surface area contributed by atoms with Crippen LogP contribution in [0.15, 0.2) is 24.3 Å². The third-order valence-corrected chi connectivity index (χ3v) is 3.21. The van der Waals surface area contributed by atoms with Crippen molar-refractivity contribution in [2.24, 2.45) is 5.73 Å². The van der Waals surface area contributed by atoms with Gasteiger partial charge in [-0.2, -0.15) is 0 Å². The number of thiocarbonyl (C=S) groups is 1. The van der Waals surface area contributed by atoms with E-state index >= 15 is 0 Å². The molecule has 0 radical (unpaired) electrons. The molecule has 0 atom stereocenters. The van der Waals surface area contributed by atoms with Gasteiger partial charge < -0.3 is 20.1 Å². The van der Waals surface area contributed by atoms with Crippen LogP contribution in [-0.4, -0.2) is 43.1 Å². The SMILES string of the molecule is COc1ccc(COCCC(=O)N(C)CCC(N)=S)cc1. The molecule has 0 aliphatic heterocycles. The number of methoxy groups -OCH3 is 1. The topological polar surface area (TPSA) is 64.8 Å². The van der Waals surface area contributed by atoms with Gasteiger partial charge >= 0.3 is 0 Å². The van der Waals surface area contributed by atoms with E-state index in [4.69, 9.17) is 27.4 Å². The predicted octanol–water partition coefficient (Wildman–Crippen LogP) is 1.74. The molecule has 0 spiro atoms. The Hall–Kier alpha value is -1.66. The van der Waals surface area contributed by atoms with E-state index in [9.17, 15) is 4.79 Å². The van der Waals surface area contributed by atoms with Gasteiger partial charge in [0.05, 0.1) is 31.7 Å². The lowest BCUT2D eigenvalue weighted by Gasteiger charge is -2.16. The number of rotatable bonds is 9. The first-order valence-electron chi connectivity index (χ1n) is 6.76. The number of amides is 1. The summed E-state index contributed by atoms with van der Waals surface area (Å²) in [5, 5.41) is 0. The second-order valence-electron chi connectivity index (χ2n) is 4.68. The predicted molar refractivity (Wildman–Crippen MR) is 86.3 cm³/mol. The highest BCUT2D eigenvalue weighted by molar-refractivity contribution is 7.80. The molecule has 0 heterocycles. The maximum absolute atomic E-state index is 11.8. The Bertz CT molecular complexity index is 462. The summed E-state index contributed by atoms with van der Waals surface area (Å²) in [5.41, 5.74) is 6.45. The van der Waals surface area contributed by atoms with Crippen LogP contribution in [0.1, 0.15) is 18.4 Å². The fourth-order valence-electron chi connectivity index (χ4n) is 1.66. The van der Waals surface area contributed by atoms with Crippen LogP contribution in [0, 0.1) is 0 Å². The van der Waals surface area contributed by atoms with Crippen molar-refractivity contribution in [3.63, 3.8) is 0 Å². The van der Waals surface area contributed by atoms with Crippen molar-refractivity contribution in [1.82, 2.24) is 4.90 Å². The fourth-order valence-corrected chi connectivity index (χ4v) is 1.76. The Kier molecular flexibility index (Phi) is 7.71. The standard InChI is InChI=1S/C15H22N2O3S/c1-17(9-7-14(16)21)15(18)8-10-20-11-12-3-5-13(19-2)6-4-12/h3-6H,7-11H2,1-2H3,(H2,16,21). The van der Waals surface area contributed by atoms with Crippen molar-refractivity contribution in [2.75, 3.05) is 27.3 Å². The van der Waals surface area contributed by atoms with Crippen LogP contribution in [0.3, 0.4) is 0 Å². The second-order valence-corrected chi connectivity index (χ2v) is 5.21. The Morgan fingerprint density at radius 1 is 1.29 bits per heavy atom. The van der Waals surface area contributed by atoms with E-state index in [-0.39, 0.29) is 5.91 Å². The lowest BCUT2D eigenvalue weighted by Crippen LogP contribution is -2.30. The summed E-state index contributed by atoms with van der Waals surface area (Å²) >= 11 is 4.78. The number of hydrogen-bond donors (Lipinski definition) is 1. The average Bonchev–Trinajstić information content (AvgIpc) is 2.49. The van der Waals surface area contributed by atoms with Crippen LogP contribution in [-0.2, 0) is 16.1 Å². The van der Waals surface area contributed by atoms with Crippen LogP contribution in [0.5, 0.6) is 5.75 Å². The van der Waals surface area contributed by atoms with Crippen LogP contribution in [0.25, 0.3) is 0 Å². The van der Waals surface area contributed by atoms with Gasteiger partial charge in [0, 0.05) is 20.0 Å². The number of carbonyl (C=O) groups is 1. The van der Waals surface area contributed by atoms with Gasteiger partial charge in [0.2, 0.25) is 5.91 Å². The number of hydrogen-bond acceptors (Lipinski definition) is 4. The molecule has 0 aliphatic rings.